The minimum atomic E-state index is -0.303. The van der Waals surface area contributed by atoms with E-state index in [-0.39, 0.29) is 5.82 Å². The predicted octanol–water partition coefficient (Wildman–Crippen LogP) is 5.12. The maximum absolute atomic E-state index is 13.8. The van der Waals surface area contributed by atoms with Crippen molar-refractivity contribution in [1.29, 1.82) is 0 Å². The lowest BCUT2D eigenvalue weighted by atomic mass is 10.0. The summed E-state index contributed by atoms with van der Waals surface area (Å²) in [6.07, 6.45) is 6.59. The van der Waals surface area contributed by atoms with E-state index in [2.05, 4.69) is 12.2 Å². The Bertz CT molecular complexity index is 670. The van der Waals surface area contributed by atoms with Gasteiger partial charge in [0.25, 0.3) is 0 Å². The number of rotatable bonds is 3. The maximum Gasteiger partial charge on any atom is 0.125 e. The predicted molar refractivity (Wildman–Crippen MR) is 86.8 cm³/mol. The average molecular weight is 307 g/mol. The molecule has 0 amide bonds. The van der Waals surface area contributed by atoms with E-state index in [1.165, 1.54) is 24.5 Å². The van der Waals surface area contributed by atoms with E-state index in [1.54, 1.807) is 6.07 Å². The molecule has 0 saturated heterocycles. The summed E-state index contributed by atoms with van der Waals surface area (Å²) in [5.74, 6) is -0.303. The summed E-state index contributed by atoms with van der Waals surface area (Å²) in [4.78, 5) is 4.75. The van der Waals surface area contributed by atoms with Crippen molar-refractivity contribution >= 4 is 28.2 Å². The average Bonchev–Trinajstić information content (AvgIpc) is 2.69. The van der Waals surface area contributed by atoms with Gasteiger partial charge in [0, 0.05) is 23.3 Å². The lowest BCUT2D eigenvalue weighted by Crippen LogP contribution is -2.08. The van der Waals surface area contributed by atoms with Crippen molar-refractivity contribution in [1.82, 2.24) is 4.98 Å². The molecule has 0 saturated carbocycles. The molecule has 112 valence electrons. The zero-order valence-corrected chi connectivity index (χ0v) is 13.1. The highest BCUT2D eigenvalue weighted by atomic mass is 35.5. The first kappa shape index (κ1) is 14.6. The summed E-state index contributed by atoms with van der Waals surface area (Å²) in [5.41, 5.74) is 4.15. The highest BCUT2D eigenvalue weighted by molar-refractivity contribution is 6.35. The highest BCUT2D eigenvalue weighted by Crippen LogP contribution is 2.36. The third kappa shape index (κ3) is 2.84. The Morgan fingerprint density at radius 1 is 1.24 bits per heavy atom. The zero-order valence-electron chi connectivity index (χ0n) is 12.3. The molecule has 1 aromatic heterocycles. The number of aryl methyl sites for hydroxylation is 1. The van der Waals surface area contributed by atoms with E-state index < -0.39 is 0 Å². The summed E-state index contributed by atoms with van der Waals surface area (Å²) in [5, 5.41) is 4.70. The highest BCUT2D eigenvalue weighted by Gasteiger charge is 2.19. The second-order valence-corrected chi connectivity index (χ2v) is 6.09. The Morgan fingerprint density at radius 2 is 2.05 bits per heavy atom. The van der Waals surface area contributed by atoms with Crippen LogP contribution in [0.15, 0.2) is 12.1 Å². The van der Waals surface area contributed by atoms with Gasteiger partial charge in [0.15, 0.2) is 0 Å². The molecule has 21 heavy (non-hydrogen) atoms. The molecule has 0 spiro atoms. The summed E-state index contributed by atoms with van der Waals surface area (Å²) >= 11 is 6.22. The van der Waals surface area contributed by atoms with E-state index in [1.807, 2.05) is 0 Å². The molecule has 1 heterocycles. The van der Waals surface area contributed by atoms with Crippen molar-refractivity contribution in [2.24, 2.45) is 0 Å². The van der Waals surface area contributed by atoms with E-state index in [0.717, 1.165) is 54.5 Å². The Labute approximate surface area is 129 Å². The topological polar surface area (TPSA) is 24.9 Å². The first-order chi connectivity index (χ1) is 10.2. The van der Waals surface area contributed by atoms with E-state index >= 15 is 0 Å². The number of halogens is 2. The fraction of sp³-hybridized carbons (Fsp3) is 0.471. The van der Waals surface area contributed by atoms with Crippen LogP contribution in [0.1, 0.15) is 43.9 Å². The van der Waals surface area contributed by atoms with Gasteiger partial charge in [0.2, 0.25) is 0 Å². The van der Waals surface area contributed by atoms with Crippen molar-refractivity contribution in [3.05, 3.63) is 34.2 Å². The summed E-state index contributed by atoms with van der Waals surface area (Å²) < 4.78 is 13.8. The molecule has 2 nitrogen and oxygen atoms in total. The van der Waals surface area contributed by atoms with Gasteiger partial charge >= 0.3 is 0 Å². The van der Waals surface area contributed by atoms with Crippen LogP contribution in [-0.2, 0) is 12.8 Å². The molecule has 0 fully saturated rings. The van der Waals surface area contributed by atoms with Gasteiger partial charge in [-0.15, -0.1) is 0 Å². The van der Waals surface area contributed by atoms with E-state index in [4.69, 9.17) is 16.6 Å². The Balaban J connectivity index is 2.26. The second-order valence-electron chi connectivity index (χ2n) is 5.68. The number of hydrogen-bond acceptors (Lipinski definition) is 2. The molecule has 1 aromatic carbocycles. The largest absolute Gasteiger partial charge is 0.384 e. The molecule has 2 aromatic rings. The Hall–Kier alpha value is -1.35. The first-order valence-electron chi connectivity index (χ1n) is 7.75. The molecule has 0 bridgehead atoms. The van der Waals surface area contributed by atoms with Crippen molar-refractivity contribution in [3.8, 4) is 0 Å². The number of nitrogens with zero attached hydrogens (tertiary/aromatic N) is 1. The van der Waals surface area contributed by atoms with Crippen molar-refractivity contribution in [2.75, 3.05) is 11.9 Å². The van der Waals surface area contributed by atoms with Crippen molar-refractivity contribution in [2.45, 2.75) is 45.4 Å². The molecular weight excluding hydrogens is 287 g/mol. The number of fused-ring (bicyclic) bond motifs is 2. The standard InChI is InChI=1S/C17H20ClFN2/c1-2-8-20-16-12-6-4-3-5-7-15(12)21-17-13(16)9-11(19)10-14(17)18/h9-10H,2-8H2,1H3,(H,20,21). The summed E-state index contributed by atoms with van der Waals surface area (Å²) in [6, 6.07) is 2.90. The molecule has 0 unspecified atom stereocenters. The second kappa shape index (κ2) is 6.18. The molecule has 0 atom stereocenters. The van der Waals surface area contributed by atoms with Gasteiger partial charge in [0.1, 0.15) is 5.82 Å². The lowest BCUT2D eigenvalue weighted by molar-refractivity contribution is 0.629. The van der Waals surface area contributed by atoms with Crippen LogP contribution in [0, 0.1) is 5.82 Å². The SMILES string of the molecule is CCCNc1c2c(nc3c(Cl)cc(F)cc13)CCCCC2. The van der Waals surface area contributed by atoms with Crippen LogP contribution in [0.3, 0.4) is 0 Å². The normalized spacial score (nSPS) is 14.8. The minimum Gasteiger partial charge on any atom is -0.384 e. The van der Waals surface area contributed by atoms with Gasteiger partial charge in [-0.3, -0.25) is 4.98 Å². The molecule has 1 aliphatic carbocycles. The van der Waals surface area contributed by atoms with E-state index in [0.29, 0.717) is 5.02 Å². The summed E-state index contributed by atoms with van der Waals surface area (Å²) in [7, 11) is 0. The smallest absolute Gasteiger partial charge is 0.125 e. The minimum absolute atomic E-state index is 0.303. The number of pyridine rings is 1. The Kier molecular flexibility index (Phi) is 4.29. The third-order valence-corrected chi connectivity index (χ3v) is 4.37. The van der Waals surface area contributed by atoms with Gasteiger partial charge in [0.05, 0.1) is 10.5 Å². The van der Waals surface area contributed by atoms with Gasteiger partial charge in [-0.05, 0) is 49.8 Å². The lowest BCUT2D eigenvalue weighted by Gasteiger charge is -2.17. The first-order valence-corrected chi connectivity index (χ1v) is 8.13. The van der Waals surface area contributed by atoms with Crippen LogP contribution in [0.4, 0.5) is 10.1 Å². The third-order valence-electron chi connectivity index (χ3n) is 4.09. The number of nitrogens with one attached hydrogen (secondary N) is 1. The van der Waals surface area contributed by atoms with Crippen molar-refractivity contribution in [3.63, 3.8) is 0 Å². The molecule has 3 rings (SSSR count). The van der Waals surface area contributed by atoms with Gasteiger partial charge in [-0.1, -0.05) is 24.9 Å². The van der Waals surface area contributed by atoms with Gasteiger partial charge in [-0.25, -0.2) is 4.39 Å². The van der Waals surface area contributed by atoms with Crippen LogP contribution >= 0.6 is 11.6 Å². The fourth-order valence-corrected chi connectivity index (χ4v) is 3.33. The van der Waals surface area contributed by atoms with E-state index in [9.17, 15) is 4.39 Å². The molecular formula is C17H20ClFN2. The molecule has 1 aliphatic rings. The van der Waals surface area contributed by atoms with Crippen LogP contribution < -0.4 is 5.32 Å². The van der Waals surface area contributed by atoms with Crippen LogP contribution in [0.5, 0.6) is 0 Å². The molecule has 4 heteroatoms. The van der Waals surface area contributed by atoms with Gasteiger partial charge < -0.3 is 5.32 Å². The number of benzene rings is 1. The van der Waals surface area contributed by atoms with Crippen LogP contribution in [0.2, 0.25) is 5.02 Å². The monoisotopic (exact) mass is 306 g/mol. The number of hydrogen-bond donors (Lipinski definition) is 1. The summed E-state index contributed by atoms with van der Waals surface area (Å²) in [6.45, 7) is 3.00. The maximum atomic E-state index is 13.8. The van der Waals surface area contributed by atoms with Crippen LogP contribution in [-0.4, -0.2) is 11.5 Å². The molecule has 0 aliphatic heterocycles. The van der Waals surface area contributed by atoms with Crippen molar-refractivity contribution < 1.29 is 4.39 Å². The number of aromatic nitrogens is 1. The fourth-order valence-electron chi connectivity index (χ4n) is 3.08. The van der Waals surface area contributed by atoms with Crippen LogP contribution in [0.25, 0.3) is 10.9 Å². The Morgan fingerprint density at radius 3 is 2.86 bits per heavy atom. The molecule has 1 N–H and O–H groups in total. The zero-order chi connectivity index (χ0) is 14.8. The molecule has 0 radical (unpaired) electrons. The quantitative estimate of drug-likeness (QED) is 0.796. The number of anilines is 1. The van der Waals surface area contributed by atoms with Gasteiger partial charge in [-0.2, -0.15) is 0 Å².